The zero-order chi connectivity index (χ0) is 14.4. The second-order valence-corrected chi connectivity index (χ2v) is 4.97. The fourth-order valence-corrected chi connectivity index (χ4v) is 2.00. The lowest BCUT2D eigenvalue weighted by Gasteiger charge is -2.04. The van der Waals surface area contributed by atoms with Crippen molar-refractivity contribution in [2.24, 2.45) is 0 Å². The highest BCUT2D eigenvalue weighted by atomic mass is 79.9. The summed E-state index contributed by atoms with van der Waals surface area (Å²) in [5.74, 6) is 0.525. The number of pyridine rings is 1. The quantitative estimate of drug-likeness (QED) is 0.894. The highest BCUT2D eigenvalue weighted by Crippen LogP contribution is 2.16. The molecule has 2 amide bonds. The molecule has 5 heteroatoms. The van der Waals surface area contributed by atoms with Crippen LogP contribution in [-0.4, -0.2) is 11.0 Å². The third kappa shape index (κ3) is 4.20. The van der Waals surface area contributed by atoms with Crippen LogP contribution in [0.4, 0.5) is 10.6 Å². The molecule has 0 atom stereocenters. The van der Waals surface area contributed by atoms with Gasteiger partial charge in [0.05, 0.1) is 0 Å². The van der Waals surface area contributed by atoms with Gasteiger partial charge in [0.15, 0.2) is 0 Å². The van der Waals surface area contributed by atoms with E-state index in [0.717, 1.165) is 15.7 Å². The third-order valence-electron chi connectivity index (χ3n) is 2.51. The van der Waals surface area contributed by atoms with Gasteiger partial charge in [-0.05, 0) is 36.8 Å². The van der Waals surface area contributed by atoms with E-state index in [1.54, 1.807) is 12.3 Å². The van der Waals surface area contributed by atoms with Gasteiger partial charge in [0.25, 0.3) is 0 Å². The molecule has 1 aromatic heterocycles. The smallest absolute Gasteiger partial charge is 0.314 e. The zero-order valence-electron chi connectivity index (χ0n) is 10.9. The second-order valence-electron chi connectivity index (χ2n) is 4.12. The number of benzene rings is 1. The van der Waals surface area contributed by atoms with Crippen molar-refractivity contribution in [2.45, 2.75) is 6.92 Å². The average Bonchev–Trinajstić information content (AvgIpc) is 2.41. The van der Waals surface area contributed by atoms with Gasteiger partial charge in [-0.25, -0.2) is 9.78 Å². The molecule has 4 nitrogen and oxygen atoms in total. The first kappa shape index (κ1) is 14.3. The Hall–Kier alpha value is -2.14. The minimum absolute atomic E-state index is 0.327. The van der Waals surface area contributed by atoms with E-state index in [1.807, 2.05) is 49.4 Å². The highest BCUT2D eigenvalue weighted by molar-refractivity contribution is 9.10. The fourth-order valence-electron chi connectivity index (χ4n) is 1.58. The van der Waals surface area contributed by atoms with Crippen LogP contribution in [0.1, 0.15) is 11.3 Å². The number of carbonyl (C=O) groups excluding carboxylic acids is 1. The van der Waals surface area contributed by atoms with Gasteiger partial charge in [0.2, 0.25) is 0 Å². The molecule has 1 heterocycles. The molecule has 0 aliphatic carbocycles. The SMILES string of the molecule is Cc1cccc(NC(=O)N/C=C/c2ccccc2Br)n1. The van der Waals surface area contributed by atoms with Crippen LogP contribution in [0.5, 0.6) is 0 Å². The molecular formula is C15H14BrN3O. The Morgan fingerprint density at radius 3 is 2.75 bits per heavy atom. The Labute approximate surface area is 126 Å². The summed E-state index contributed by atoms with van der Waals surface area (Å²) in [5, 5.41) is 5.29. The number of urea groups is 1. The average molecular weight is 332 g/mol. The van der Waals surface area contributed by atoms with E-state index in [-0.39, 0.29) is 6.03 Å². The van der Waals surface area contributed by atoms with Gasteiger partial charge in [0, 0.05) is 16.4 Å². The molecule has 20 heavy (non-hydrogen) atoms. The van der Waals surface area contributed by atoms with Crippen molar-refractivity contribution in [3.63, 3.8) is 0 Å². The highest BCUT2D eigenvalue weighted by Gasteiger charge is 2.00. The number of aromatic nitrogens is 1. The van der Waals surface area contributed by atoms with Crippen molar-refractivity contribution in [1.82, 2.24) is 10.3 Å². The van der Waals surface area contributed by atoms with Crippen LogP contribution >= 0.6 is 15.9 Å². The van der Waals surface area contributed by atoms with Gasteiger partial charge in [-0.1, -0.05) is 40.2 Å². The molecule has 0 aliphatic heterocycles. The van der Waals surface area contributed by atoms with E-state index in [2.05, 4.69) is 31.5 Å². The van der Waals surface area contributed by atoms with Crippen molar-refractivity contribution in [3.05, 3.63) is 64.4 Å². The number of carbonyl (C=O) groups is 1. The third-order valence-corrected chi connectivity index (χ3v) is 3.23. The number of halogens is 1. The predicted molar refractivity (Wildman–Crippen MR) is 84.3 cm³/mol. The topological polar surface area (TPSA) is 54.0 Å². The minimum atomic E-state index is -0.327. The van der Waals surface area contributed by atoms with E-state index in [9.17, 15) is 4.79 Å². The molecule has 102 valence electrons. The number of hydrogen-bond acceptors (Lipinski definition) is 2. The number of amides is 2. The minimum Gasteiger partial charge on any atom is -0.314 e. The number of rotatable bonds is 3. The number of anilines is 1. The first-order valence-electron chi connectivity index (χ1n) is 6.07. The molecule has 0 saturated heterocycles. The number of aryl methyl sites for hydroxylation is 1. The Morgan fingerprint density at radius 2 is 2.00 bits per heavy atom. The number of hydrogen-bond donors (Lipinski definition) is 2. The largest absolute Gasteiger partial charge is 0.324 e. The lowest BCUT2D eigenvalue weighted by molar-refractivity contribution is 0.255. The van der Waals surface area contributed by atoms with E-state index in [0.29, 0.717) is 5.82 Å². The summed E-state index contributed by atoms with van der Waals surface area (Å²) in [7, 11) is 0. The number of nitrogens with one attached hydrogen (secondary N) is 2. The van der Waals surface area contributed by atoms with E-state index >= 15 is 0 Å². The van der Waals surface area contributed by atoms with Crippen LogP contribution in [0.25, 0.3) is 6.08 Å². The van der Waals surface area contributed by atoms with Gasteiger partial charge >= 0.3 is 6.03 Å². The summed E-state index contributed by atoms with van der Waals surface area (Å²) in [6, 6.07) is 12.9. The van der Waals surface area contributed by atoms with Crippen molar-refractivity contribution in [3.8, 4) is 0 Å². The van der Waals surface area contributed by atoms with Crippen LogP contribution in [0.2, 0.25) is 0 Å². The second kappa shape index (κ2) is 6.86. The van der Waals surface area contributed by atoms with Crippen molar-refractivity contribution in [2.75, 3.05) is 5.32 Å². The van der Waals surface area contributed by atoms with Crippen molar-refractivity contribution < 1.29 is 4.79 Å². The fraction of sp³-hybridized carbons (Fsp3) is 0.0667. The Bertz CT molecular complexity index is 641. The normalized spacial score (nSPS) is 10.5. The van der Waals surface area contributed by atoms with Gasteiger partial charge < -0.3 is 5.32 Å². The van der Waals surface area contributed by atoms with E-state index in [4.69, 9.17) is 0 Å². The summed E-state index contributed by atoms with van der Waals surface area (Å²) >= 11 is 3.44. The van der Waals surface area contributed by atoms with Crippen LogP contribution in [0.3, 0.4) is 0 Å². The van der Waals surface area contributed by atoms with Crippen LogP contribution in [-0.2, 0) is 0 Å². The predicted octanol–water partition coefficient (Wildman–Crippen LogP) is 3.94. The van der Waals surface area contributed by atoms with Gasteiger partial charge in [-0.15, -0.1) is 0 Å². The maximum Gasteiger partial charge on any atom is 0.324 e. The van der Waals surface area contributed by atoms with Crippen LogP contribution in [0, 0.1) is 6.92 Å². The lowest BCUT2D eigenvalue weighted by Crippen LogP contribution is -2.24. The first-order valence-corrected chi connectivity index (χ1v) is 6.87. The summed E-state index contributed by atoms with van der Waals surface area (Å²) < 4.78 is 0.971. The van der Waals surface area contributed by atoms with Gasteiger partial charge in [0.1, 0.15) is 5.82 Å². The van der Waals surface area contributed by atoms with Gasteiger partial charge in [-0.2, -0.15) is 0 Å². The Kier molecular flexibility index (Phi) is 4.90. The molecule has 0 saturated carbocycles. The van der Waals surface area contributed by atoms with Crippen LogP contribution in [0.15, 0.2) is 53.1 Å². The molecular weight excluding hydrogens is 318 g/mol. The maximum atomic E-state index is 11.7. The Morgan fingerprint density at radius 1 is 1.20 bits per heavy atom. The number of nitrogens with zero attached hydrogens (tertiary/aromatic N) is 1. The van der Waals surface area contributed by atoms with Crippen LogP contribution < -0.4 is 10.6 Å². The maximum absolute atomic E-state index is 11.7. The first-order chi connectivity index (χ1) is 9.65. The molecule has 0 unspecified atom stereocenters. The van der Waals surface area contributed by atoms with E-state index in [1.165, 1.54) is 0 Å². The lowest BCUT2D eigenvalue weighted by atomic mass is 10.2. The molecule has 0 spiro atoms. The summed E-state index contributed by atoms with van der Waals surface area (Å²) in [5.41, 5.74) is 1.84. The zero-order valence-corrected chi connectivity index (χ0v) is 12.5. The van der Waals surface area contributed by atoms with E-state index < -0.39 is 0 Å². The molecule has 0 bridgehead atoms. The molecule has 2 rings (SSSR count). The molecule has 0 aliphatic rings. The summed E-state index contributed by atoms with van der Waals surface area (Å²) in [6.07, 6.45) is 3.40. The van der Waals surface area contributed by atoms with Crippen molar-refractivity contribution >= 4 is 33.9 Å². The van der Waals surface area contributed by atoms with Gasteiger partial charge in [-0.3, -0.25) is 5.32 Å². The molecule has 2 aromatic rings. The molecule has 0 radical (unpaired) electrons. The Balaban J connectivity index is 1.91. The molecule has 1 aromatic carbocycles. The van der Waals surface area contributed by atoms with Crippen molar-refractivity contribution in [1.29, 1.82) is 0 Å². The summed E-state index contributed by atoms with van der Waals surface area (Å²) in [4.78, 5) is 15.9. The molecule has 0 fully saturated rings. The monoisotopic (exact) mass is 331 g/mol. The molecule has 2 N–H and O–H groups in total. The standard InChI is InChI=1S/C15H14BrN3O/c1-11-5-4-8-14(18-11)19-15(20)17-10-9-12-6-2-3-7-13(12)16/h2-10H,1H3,(H2,17,18,19,20)/b10-9+. The summed E-state index contributed by atoms with van der Waals surface area (Å²) in [6.45, 7) is 1.87.